The van der Waals surface area contributed by atoms with Crippen molar-refractivity contribution in [2.45, 2.75) is 11.8 Å². The summed E-state index contributed by atoms with van der Waals surface area (Å²) in [5, 5.41) is 11.1. The fourth-order valence-electron chi connectivity index (χ4n) is 4.29. The van der Waals surface area contributed by atoms with Crippen molar-refractivity contribution in [2.24, 2.45) is 0 Å². The first-order valence-electron chi connectivity index (χ1n) is 9.40. The molecule has 28 heavy (non-hydrogen) atoms. The minimum absolute atomic E-state index is 0.120. The van der Waals surface area contributed by atoms with Gasteiger partial charge in [0.05, 0.1) is 13.7 Å². The topological polar surface area (TPSA) is 54.5 Å². The average molecular weight is 371 g/mol. The summed E-state index contributed by atoms with van der Waals surface area (Å²) in [5.41, 5.74) is 4.66. The summed E-state index contributed by atoms with van der Waals surface area (Å²) in [6.45, 7) is 0.551. The van der Waals surface area contributed by atoms with Crippen LogP contribution in [0.2, 0.25) is 0 Å². The average Bonchev–Trinajstić information content (AvgIpc) is 3.17. The summed E-state index contributed by atoms with van der Waals surface area (Å²) in [5.74, 6) is 2.08. The lowest BCUT2D eigenvalue weighted by atomic mass is 9.76. The van der Waals surface area contributed by atoms with Crippen molar-refractivity contribution >= 4 is 10.9 Å². The maximum Gasteiger partial charge on any atom is 0.126 e. The molecule has 1 aliphatic heterocycles. The number of aromatic nitrogens is 1. The van der Waals surface area contributed by atoms with E-state index in [1.54, 1.807) is 19.2 Å². The van der Waals surface area contributed by atoms with E-state index in [0.29, 0.717) is 6.61 Å². The third-order valence-electron chi connectivity index (χ3n) is 5.65. The number of nitrogens with one attached hydrogen (secondary N) is 1. The van der Waals surface area contributed by atoms with Gasteiger partial charge in [-0.05, 0) is 35.4 Å². The largest absolute Gasteiger partial charge is 0.508 e. The number of rotatable bonds is 3. The molecule has 140 valence electrons. The van der Waals surface area contributed by atoms with Gasteiger partial charge in [-0.3, -0.25) is 0 Å². The third-order valence-corrected chi connectivity index (χ3v) is 5.65. The zero-order valence-corrected chi connectivity index (χ0v) is 15.6. The first-order valence-corrected chi connectivity index (χ1v) is 9.40. The van der Waals surface area contributed by atoms with Crippen LogP contribution in [0.4, 0.5) is 0 Å². The normalized spacial score (nSPS) is 18.5. The molecule has 1 aromatic heterocycles. The lowest BCUT2D eigenvalue weighted by Crippen LogP contribution is -2.25. The summed E-state index contributed by atoms with van der Waals surface area (Å²) < 4.78 is 11.4. The van der Waals surface area contributed by atoms with E-state index in [-0.39, 0.29) is 17.6 Å². The first kappa shape index (κ1) is 16.8. The van der Waals surface area contributed by atoms with Crippen LogP contribution in [0.3, 0.4) is 0 Å². The Morgan fingerprint density at radius 2 is 1.82 bits per heavy atom. The lowest BCUT2D eigenvalue weighted by Gasteiger charge is -2.34. The quantitative estimate of drug-likeness (QED) is 0.521. The third kappa shape index (κ3) is 2.69. The SMILES string of the molecule is COc1ccc(C2c3ccc(O)cc3OCC2c2c[nH]c3ccccc23)cc1. The molecule has 2 N–H and O–H groups in total. The van der Waals surface area contributed by atoms with Crippen LogP contribution in [-0.2, 0) is 0 Å². The van der Waals surface area contributed by atoms with Gasteiger partial charge in [0, 0.05) is 40.6 Å². The molecule has 4 nitrogen and oxygen atoms in total. The second-order valence-corrected chi connectivity index (χ2v) is 7.18. The van der Waals surface area contributed by atoms with Gasteiger partial charge in [0.2, 0.25) is 0 Å². The van der Waals surface area contributed by atoms with Gasteiger partial charge in [0.25, 0.3) is 0 Å². The summed E-state index contributed by atoms with van der Waals surface area (Å²) in [7, 11) is 1.68. The van der Waals surface area contributed by atoms with Gasteiger partial charge in [0.15, 0.2) is 0 Å². The molecule has 3 aromatic carbocycles. The molecule has 0 amide bonds. The Morgan fingerprint density at radius 3 is 2.64 bits per heavy atom. The number of benzene rings is 3. The number of fused-ring (bicyclic) bond motifs is 2. The van der Waals surface area contributed by atoms with E-state index in [1.165, 1.54) is 16.5 Å². The van der Waals surface area contributed by atoms with Crippen LogP contribution in [0.15, 0.2) is 72.9 Å². The molecule has 2 unspecified atom stereocenters. The maximum atomic E-state index is 9.90. The van der Waals surface area contributed by atoms with Gasteiger partial charge in [-0.1, -0.05) is 36.4 Å². The molecule has 0 aliphatic carbocycles. The number of hydrogen-bond donors (Lipinski definition) is 2. The fraction of sp³-hybridized carbons (Fsp3) is 0.167. The number of methoxy groups -OCH3 is 1. The van der Waals surface area contributed by atoms with Crippen molar-refractivity contribution in [3.8, 4) is 17.2 Å². The smallest absolute Gasteiger partial charge is 0.126 e. The molecule has 2 heterocycles. The van der Waals surface area contributed by atoms with Crippen LogP contribution in [0.5, 0.6) is 17.2 Å². The van der Waals surface area contributed by atoms with E-state index < -0.39 is 0 Å². The molecule has 0 spiro atoms. The van der Waals surface area contributed by atoms with E-state index in [9.17, 15) is 5.11 Å². The van der Waals surface area contributed by atoms with Crippen molar-refractivity contribution in [3.63, 3.8) is 0 Å². The highest BCUT2D eigenvalue weighted by Crippen LogP contribution is 2.48. The Balaban J connectivity index is 1.68. The van der Waals surface area contributed by atoms with E-state index in [4.69, 9.17) is 9.47 Å². The maximum absolute atomic E-state index is 9.90. The molecule has 4 aromatic rings. The highest BCUT2D eigenvalue weighted by molar-refractivity contribution is 5.84. The number of aromatic hydroxyl groups is 1. The summed E-state index contributed by atoms with van der Waals surface area (Å²) >= 11 is 0. The molecule has 5 rings (SSSR count). The minimum Gasteiger partial charge on any atom is -0.508 e. The standard InChI is InChI=1S/C24H21NO3/c1-27-17-9-6-15(7-10-17)24-19-11-8-16(26)12-23(19)28-14-21(24)20-13-25-22-5-3-2-4-18(20)22/h2-13,21,24-26H,14H2,1H3. The van der Waals surface area contributed by atoms with E-state index in [2.05, 4.69) is 41.5 Å². The predicted octanol–water partition coefficient (Wildman–Crippen LogP) is 5.19. The van der Waals surface area contributed by atoms with Gasteiger partial charge in [-0.25, -0.2) is 0 Å². The van der Waals surface area contributed by atoms with Crippen LogP contribution in [0.1, 0.15) is 28.5 Å². The number of para-hydroxylation sites is 1. The van der Waals surface area contributed by atoms with Crippen molar-refractivity contribution in [1.82, 2.24) is 4.98 Å². The monoisotopic (exact) mass is 371 g/mol. The van der Waals surface area contributed by atoms with Gasteiger partial charge in [-0.2, -0.15) is 0 Å². The molecule has 1 aliphatic rings. The molecule has 2 atom stereocenters. The summed E-state index contributed by atoms with van der Waals surface area (Å²) in [6.07, 6.45) is 2.10. The number of phenolic OH excluding ortho intramolecular Hbond substituents is 1. The van der Waals surface area contributed by atoms with Crippen LogP contribution < -0.4 is 9.47 Å². The highest BCUT2D eigenvalue weighted by atomic mass is 16.5. The van der Waals surface area contributed by atoms with Crippen LogP contribution in [-0.4, -0.2) is 23.8 Å². The molecule has 0 radical (unpaired) electrons. The zero-order valence-electron chi connectivity index (χ0n) is 15.6. The Bertz CT molecular complexity index is 1130. The number of ether oxygens (including phenoxy) is 2. The molecule has 0 saturated heterocycles. The van der Waals surface area contributed by atoms with Crippen molar-refractivity contribution < 1.29 is 14.6 Å². The Morgan fingerprint density at radius 1 is 1.00 bits per heavy atom. The second-order valence-electron chi connectivity index (χ2n) is 7.18. The van der Waals surface area contributed by atoms with Gasteiger partial charge >= 0.3 is 0 Å². The van der Waals surface area contributed by atoms with Crippen LogP contribution >= 0.6 is 0 Å². The molecule has 0 fully saturated rings. The van der Waals surface area contributed by atoms with E-state index in [1.807, 2.05) is 24.3 Å². The lowest BCUT2D eigenvalue weighted by molar-refractivity contribution is 0.248. The van der Waals surface area contributed by atoms with Crippen molar-refractivity contribution in [1.29, 1.82) is 0 Å². The highest BCUT2D eigenvalue weighted by Gasteiger charge is 2.34. The molecular formula is C24H21NO3. The van der Waals surface area contributed by atoms with Crippen LogP contribution in [0, 0.1) is 0 Å². The van der Waals surface area contributed by atoms with Crippen molar-refractivity contribution in [2.75, 3.05) is 13.7 Å². The molecule has 0 saturated carbocycles. The molecule has 4 heteroatoms. The van der Waals surface area contributed by atoms with Gasteiger partial charge in [0.1, 0.15) is 17.2 Å². The molecule has 0 bridgehead atoms. The number of hydrogen-bond acceptors (Lipinski definition) is 3. The van der Waals surface area contributed by atoms with Gasteiger partial charge in [-0.15, -0.1) is 0 Å². The Labute approximate surface area is 163 Å². The first-order chi connectivity index (χ1) is 13.7. The predicted molar refractivity (Wildman–Crippen MR) is 109 cm³/mol. The molecular weight excluding hydrogens is 350 g/mol. The number of H-pyrrole nitrogens is 1. The number of aromatic amines is 1. The van der Waals surface area contributed by atoms with E-state index in [0.717, 1.165) is 22.6 Å². The van der Waals surface area contributed by atoms with E-state index >= 15 is 0 Å². The second kappa shape index (κ2) is 6.64. The Kier molecular flexibility index (Phi) is 3.97. The van der Waals surface area contributed by atoms with Crippen molar-refractivity contribution in [3.05, 3.63) is 89.6 Å². The zero-order chi connectivity index (χ0) is 19.1. The minimum atomic E-state index is 0.120. The van der Waals surface area contributed by atoms with Crippen LogP contribution in [0.25, 0.3) is 10.9 Å². The summed E-state index contributed by atoms with van der Waals surface area (Å²) in [4.78, 5) is 3.39. The Hall–Kier alpha value is -3.40. The van der Waals surface area contributed by atoms with Gasteiger partial charge < -0.3 is 19.6 Å². The fourth-order valence-corrected chi connectivity index (χ4v) is 4.29. The summed E-state index contributed by atoms with van der Waals surface area (Å²) in [6, 6.07) is 22.0. The number of phenols is 1.